The zero-order chi connectivity index (χ0) is 21.3. The number of thioether (sulfide) groups is 1. The molecule has 0 saturated heterocycles. The molecule has 158 valence electrons. The maximum absolute atomic E-state index is 6.39. The molecule has 2 heterocycles. The second kappa shape index (κ2) is 9.06. The van der Waals surface area contributed by atoms with Gasteiger partial charge in [0.25, 0.3) is 0 Å². The number of aromatic nitrogens is 3. The van der Waals surface area contributed by atoms with Crippen molar-refractivity contribution in [2.75, 3.05) is 27.3 Å². The lowest BCUT2D eigenvalue weighted by Gasteiger charge is -2.21. The Morgan fingerprint density at radius 3 is 2.57 bits per heavy atom. The van der Waals surface area contributed by atoms with Crippen molar-refractivity contribution in [3.8, 4) is 17.2 Å². The van der Waals surface area contributed by atoms with Crippen molar-refractivity contribution in [2.24, 2.45) is 0 Å². The molecule has 1 atom stereocenters. The monoisotopic (exact) mass is 464 g/mol. The van der Waals surface area contributed by atoms with Crippen LogP contribution in [0.25, 0.3) is 5.69 Å². The summed E-state index contributed by atoms with van der Waals surface area (Å²) < 4.78 is 13.4. The Kier molecular flexibility index (Phi) is 6.43. The van der Waals surface area contributed by atoms with Crippen molar-refractivity contribution in [1.29, 1.82) is 0 Å². The maximum atomic E-state index is 6.39. The summed E-state index contributed by atoms with van der Waals surface area (Å²) in [5.41, 5.74) is 2.00. The molecule has 1 aromatic heterocycles. The van der Waals surface area contributed by atoms with Gasteiger partial charge in [0, 0.05) is 16.5 Å². The predicted octanol–water partition coefficient (Wildman–Crippen LogP) is 5.26. The van der Waals surface area contributed by atoms with E-state index in [4.69, 9.17) is 32.7 Å². The third-order valence-corrected chi connectivity index (χ3v) is 6.45. The molecule has 3 aromatic rings. The standard InChI is InChI=1S/C21H22Cl2N4O2S/c1-13(26(2)3)20-24-25-21(27(20)16-6-4-15(22)5-7-16)30-12-14-10-17(23)19-18(11-14)28-8-9-29-19/h4-7,10-11,13H,8-9,12H2,1-3H3. The fraction of sp³-hybridized carbons (Fsp3) is 0.333. The van der Waals surface area contributed by atoms with E-state index < -0.39 is 0 Å². The largest absolute Gasteiger partial charge is 0.486 e. The summed E-state index contributed by atoms with van der Waals surface area (Å²) in [6.45, 7) is 3.14. The van der Waals surface area contributed by atoms with Gasteiger partial charge in [-0.15, -0.1) is 10.2 Å². The first-order valence-corrected chi connectivity index (χ1v) is 11.3. The minimum absolute atomic E-state index is 0.0891. The van der Waals surface area contributed by atoms with Crippen LogP contribution in [-0.2, 0) is 5.75 Å². The Bertz CT molecular complexity index is 1040. The smallest absolute Gasteiger partial charge is 0.196 e. The van der Waals surface area contributed by atoms with Crippen molar-refractivity contribution in [1.82, 2.24) is 19.7 Å². The molecule has 0 N–H and O–H groups in total. The molecule has 2 aromatic carbocycles. The molecule has 0 bridgehead atoms. The van der Waals surface area contributed by atoms with Crippen molar-refractivity contribution in [3.05, 3.63) is 57.8 Å². The quantitative estimate of drug-likeness (QED) is 0.463. The lowest BCUT2D eigenvalue weighted by molar-refractivity contribution is 0.171. The second-order valence-electron chi connectivity index (χ2n) is 7.18. The molecule has 1 unspecified atom stereocenters. The highest BCUT2D eigenvalue weighted by Gasteiger charge is 2.22. The predicted molar refractivity (Wildman–Crippen MR) is 120 cm³/mol. The highest BCUT2D eigenvalue weighted by atomic mass is 35.5. The van der Waals surface area contributed by atoms with Gasteiger partial charge in [0.05, 0.1) is 11.1 Å². The van der Waals surface area contributed by atoms with Crippen molar-refractivity contribution < 1.29 is 9.47 Å². The third kappa shape index (κ3) is 4.39. The summed E-state index contributed by atoms with van der Waals surface area (Å²) in [7, 11) is 4.05. The van der Waals surface area contributed by atoms with E-state index in [1.54, 1.807) is 11.8 Å². The van der Waals surface area contributed by atoms with Crippen LogP contribution in [0.15, 0.2) is 41.6 Å². The highest BCUT2D eigenvalue weighted by Crippen LogP contribution is 2.40. The van der Waals surface area contributed by atoms with Gasteiger partial charge in [0.2, 0.25) is 0 Å². The van der Waals surface area contributed by atoms with Crippen LogP contribution in [-0.4, -0.2) is 47.0 Å². The van der Waals surface area contributed by atoms with E-state index >= 15 is 0 Å². The van der Waals surface area contributed by atoms with E-state index in [2.05, 4.69) is 26.6 Å². The number of halogens is 2. The Balaban J connectivity index is 1.64. The summed E-state index contributed by atoms with van der Waals surface area (Å²) >= 11 is 14.1. The molecule has 1 aliphatic heterocycles. The van der Waals surface area contributed by atoms with E-state index in [-0.39, 0.29) is 6.04 Å². The average Bonchev–Trinajstić information content (AvgIpc) is 3.16. The van der Waals surface area contributed by atoms with Crippen LogP contribution in [0.4, 0.5) is 0 Å². The minimum Gasteiger partial charge on any atom is -0.486 e. The first kappa shape index (κ1) is 21.3. The van der Waals surface area contributed by atoms with Gasteiger partial charge < -0.3 is 9.47 Å². The summed E-state index contributed by atoms with van der Waals surface area (Å²) in [6, 6.07) is 11.7. The Morgan fingerprint density at radius 2 is 1.83 bits per heavy atom. The van der Waals surface area contributed by atoms with E-state index in [0.717, 1.165) is 22.2 Å². The first-order valence-electron chi connectivity index (χ1n) is 9.52. The second-order valence-corrected chi connectivity index (χ2v) is 8.97. The van der Waals surface area contributed by atoms with Crippen LogP contribution in [0.1, 0.15) is 24.4 Å². The lowest BCUT2D eigenvalue weighted by atomic mass is 10.2. The Labute approximate surface area is 190 Å². The molecule has 1 aliphatic rings. The van der Waals surface area contributed by atoms with Gasteiger partial charge in [-0.1, -0.05) is 35.0 Å². The maximum Gasteiger partial charge on any atom is 0.196 e. The summed E-state index contributed by atoms with van der Waals surface area (Å²) in [6.07, 6.45) is 0. The Morgan fingerprint density at radius 1 is 1.10 bits per heavy atom. The average molecular weight is 465 g/mol. The number of rotatable bonds is 6. The molecule has 30 heavy (non-hydrogen) atoms. The molecule has 0 saturated carbocycles. The number of ether oxygens (including phenoxy) is 2. The van der Waals surface area contributed by atoms with E-state index in [0.29, 0.717) is 40.5 Å². The van der Waals surface area contributed by atoms with Crippen molar-refractivity contribution in [3.63, 3.8) is 0 Å². The van der Waals surface area contributed by atoms with Gasteiger partial charge in [0.1, 0.15) is 13.2 Å². The summed E-state index contributed by atoms with van der Waals surface area (Å²) in [4.78, 5) is 2.10. The molecular weight excluding hydrogens is 443 g/mol. The zero-order valence-corrected chi connectivity index (χ0v) is 19.3. The van der Waals surface area contributed by atoms with Gasteiger partial charge in [0.15, 0.2) is 22.5 Å². The number of fused-ring (bicyclic) bond motifs is 1. The minimum atomic E-state index is 0.0891. The number of nitrogens with zero attached hydrogens (tertiary/aromatic N) is 4. The summed E-state index contributed by atoms with van der Waals surface area (Å²) in [5, 5.41) is 11.0. The van der Waals surface area contributed by atoms with Crippen LogP contribution in [0, 0.1) is 0 Å². The molecular formula is C21H22Cl2N4O2S. The first-order chi connectivity index (χ1) is 14.4. The van der Waals surface area contributed by atoms with Crippen LogP contribution < -0.4 is 9.47 Å². The zero-order valence-electron chi connectivity index (χ0n) is 16.9. The molecule has 0 amide bonds. The SMILES string of the molecule is CC(c1nnc(SCc2cc(Cl)c3c(c2)OCCO3)n1-c1ccc(Cl)cc1)N(C)C. The van der Waals surface area contributed by atoms with Crippen LogP contribution in [0.2, 0.25) is 10.0 Å². The van der Waals surface area contributed by atoms with Gasteiger partial charge in [-0.05, 0) is 63.0 Å². The van der Waals surface area contributed by atoms with Crippen LogP contribution in [0.5, 0.6) is 11.5 Å². The molecule has 6 nitrogen and oxygen atoms in total. The number of benzene rings is 2. The normalized spacial score (nSPS) is 14.2. The van der Waals surface area contributed by atoms with E-state index in [1.807, 2.05) is 50.5 Å². The lowest BCUT2D eigenvalue weighted by Crippen LogP contribution is -2.20. The van der Waals surface area contributed by atoms with Gasteiger partial charge in [-0.25, -0.2) is 0 Å². The summed E-state index contributed by atoms with van der Waals surface area (Å²) in [5.74, 6) is 2.83. The van der Waals surface area contributed by atoms with E-state index in [9.17, 15) is 0 Å². The Hall–Kier alpha value is -1.93. The van der Waals surface area contributed by atoms with Crippen LogP contribution in [0.3, 0.4) is 0 Å². The highest BCUT2D eigenvalue weighted by molar-refractivity contribution is 7.98. The van der Waals surface area contributed by atoms with Gasteiger partial charge in [-0.2, -0.15) is 0 Å². The van der Waals surface area contributed by atoms with E-state index in [1.165, 1.54) is 0 Å². The molecule has 4 rings (SSSR count). The number of hydrogen-bond acceptors (Lipinski definition) is 6. The molecule has 0 fully saturated rings. The topological polar surface area (TPSA) is 52.4 Å². The van der Waals surface area contributed by atoms with Crippen LogP contribution >= 0.6 is 35.0 Å². The molecule has 0 spiro atoms. The molecule has 0 aliphatic carbocycles. The van der Waals surface area contributed by atoms with Crippen molar-refractivity contribution in [2.45, 2.75) is 23.9 Å². The van der Waals surface area contributed by atoms with Gasteiger partial charge in [-0.3, -0.25) is 9.47 Å². The third-order valence-electron chi connectivity index (χ3n) is 4.92. The molecule has 0 radical (unpaired) electrons. The molecule has 9 heteroatoms. The van der Waals surface area contributed by atoms with Crippen molar-refractivity contribution >= 4 is 35.0 Å². The fourth-order valence-corrected chi connectivity index (χ4v) is 4.41. The number of hydrogen-bond donors (Lipinski definition) is 0. The van der Waals surface area contributed by atoms with Gasteiger partial charge >= 0.3 is 0 Å². The fourth-order valence-electron chi connectivity index (χ4n) is 3.10.